The van der Waals surface area contributed by atoms with Crippen LogP contribution in [0.3, 0.4) is 0 Å². The summed E-state index contributed by atoms with van der Waals surface area (Å²) < 4.78 is 4.72. The molecule has 13 heavy (non-hydrogen) atoms. The number of carboxylic acid groups (broad SMARTS) is 1. The third-order valence-corrected chi connectivity index (χ3v) is 1.46. The summed E-state index contributed by atoms with van der Waals surface area (Å²) >= 11 is 0. The number of ether oxygens (including phenoxy) is 1. The fourth-order valence-electron chi connectivity index (χ4n) is 0.656. The van der Waals surface area contributed by atoms with Gasteiger partial charge in [-0.15, -0.1) is 0 Å². The molecule has 0 amide bonds. The maximum absolute atomic E-state index is 10.9. The lowest BCUT2D eigenvalue weighted by atomic mass is 10.2. The molecule has 0 aliphatic heterocycles. The number of unbranched alkanes of at least 4 members (excludes halogenated alkanes) is 1. The highest BCUT2D eigenvalue weighted by molar-refractivity contribution is 5.81. The molecule has 0 fully saturated rings. The highest BCUT2D eigenvalue weighted by atomic mass is 16.5. The molecule has 0 aromatic heterocycles. The maximum atomic E-state index is 10.9. The van der Waals surface area contributed by atoms with Crippen LogP contribution in [0.4, 0.5) is 0 Å². The summed E-state index contributed by atoms with van der Waals surface area (Å²) in [4.78, 5) is 21.1. The highest BCUT2D eigenvalue weighted by Gasteiger charge is 2.16. The van der Waals surface area contributed by atoms with Gasteiger partial charge < -0.3 is 15.6 Å². The van der Waals surface area contributed by atoms with Crippen LogP contribution in [0.1, 0.15) is 26.2 Å². The average Bonchev–Trinajstić information content (AvgIpc) is 2.04. The second-order valence-corrected chi connectivity index (χ2v) is 2.72. The second kappa shape index (κ2) is 6.42. The van der Waals surface area contributed by atoms with Gasteiger partial charge in [0.15, 0.2) is 0 Å². The lowest BCUT2D eigenvalue weighted by Crippen LogP contribution is -2.33. The molecule has 0 radical (unpaired) electrons. The number of carbonyl (C=O) groups excluding carboxylic acids is 1. The summed E-state index contributed by atoms with van der Waals surface area (Å²) in [6, 6.07) is -1.16. The minimum atomic E-state index is -1.19. The van der Waals surface area contributed by atoms with Crippen molar-refractivity contribution >= 4 is 11.9 Å². The molecule has 5 heteroatoms. The lowest BCUT2D eigenvalue weighted by molar-refractivity contribution is -0.148. The molecule has 3 N–H and O–H groups in total. The zero-order valence-corrected chi connectivity index (χ0v) is 7.66. The molecule has 0 spiro atoms. The molecule has 0 aliphatic carbocycles. The van der Waals surface area contributed by atoms with E-state index < -0.39 is 18.0 Å². The smallest absolute Gasteiger partial charge is 0.321 e. The van der Waals surface area contributed by atoms with Gasteiger partial charge in [0, 0.05) is 0 Å². The van der Waals surface area contributed by atoms with Crippen LogP contribution >= 0.6 is 0 Å². The van der Waals surface area contributed by atoms with Crippen LogP contribution < -0.4 is 5.73 Å². The first-order valence-corrected chi connectivity index (χ1v) is 4.22. The predicted octanol–water partition coefficient (Wildman–Crippen LogP) is 0.132. The molecule has 1 atom stereocenters. The van der Waals surface area contributed by atoms with Crippen LogP contribution in [-0.2, 0) is 14.3 Å². The van der Waals surface area contributed by atoms with Gasteiger partial charge in [-0.2, -0.15) is 0 Å². The van der Waals surface area contributed by atoms with Crippen molar-refractivity contribution in [2.45, 2.75) is 32.2 Å². The van der Waals surface area contributed by atoms with Crippen LogP contribution in [0.5, 0.6) is 0 Å². The molecular weight excluding hydrogens is 174 g/mol. The minimum absolute atomic E-state index is 0.265. The van der Waals surface area contributed by atoms with Gasteiger partial charge in [-0.1, -0.05) is 13.3 Å². The first kappa shape index (κ1) is 11.9. The maximum Gasteiger partial charge on any atom is 0.321 e. The van der Waals surface area contributed by atoms with Gasteiger partial charge in [0.2, 0.25) is 0 Å². The fourth-order valence-corrected chi connectivity index (χ4v) is 0.656. The Labute approximate surface area is 76.9 Å². The van der Waals surface area contributed by atoms with Crippen molar-refractivity contribution in [1.82, 2.24) is 0 Å². The number of nitrogens with two attached hydrogens (primary N) is 1. The van der Waals surface area contributed by atoms with E-state index in [0.29, 0.717) is 6.61 Å². The van der Waals surface area contributed by atoms with Crippen LogP contribution in [0.25, 0.3) is 0 Å². The van der Waals surface area contributed by atoms with Crippen molar-refractivity contribution in [3.63, 3.8) is 0 Å². The van der Waals surface area contributed by atoms with Crippen LogP contribution in [-0.4, -0.2) is 29.7 Å². The monoisotopic (exact) mass is 189 g/mol. The third-order valence-electron chi connectivity index (χ3n) is 1.46. The molecule has 0 bridgehead atoms. The number of aliphatic carboxylic acids is 1. The first-order chi connectivity index (χ1) is 6.07. The molecule has 0 aromatic carbocycles. The Kier molecular flexibility index (Phi) is 5.88. The normalized spacial score (nSPS) is 12.2. The molecule has 76 valence electrons. The Bertz CT molecular complexity index is 181. The largest absolute Gasteiger partial charge is 0.480 e. The molecule has 0 saturated carbocycles. The quantitative estimate of drug-likeness (QED) is 0.458. The van der Waals surface area contributed by atoms with E-state index in [9.17, 15) is 9.59 Å². The summed E-state index contributed by atoms with van der Waals surface area (Å²) in [6.45, 7) is 2.30. The second-order valence-electron chi connectivity index (χ2n) is 2.72. The predicted molar refractivity (Wildman–Crippen MR) is 46.1 cm³/mol. The van der Waals surface area contributed by atoms with Crippen molar-refractivity contribution in [2.24, 2.45) is 5.73 Å². The number of rotatable bonds is 6. The van der Waals surface area contributed by atoms with Crippen molar-refractivity contribution in [2.75, 3.05) is 6.61 Å². The zero-order valence-electron chi connectivity index (χ0n) is 7.66. The standard InChI is InChI=1S/C8H15NO4/c1-2-3-4-13-7(10)5-6(9)8(11)12/h6H,2-5,9H2,1H3,(H,11,12)/t6-/m1/s1. The molecule has 0 unspecified atom stereocenters. The number of hydrogen-bond donors (Lipinski definition) is 2. The molecule has 0 rings (SSSR count). The van der Waals surface area contributed by atoms with Crippen molar-refractivity contribution in [3.8, 4) is 0 Å². The van der Waals surface area contributed by atoms with E-state index in [0.717, 1.165) is 12.8 Å². The molecule has 0 aliphatic rings. The van der Waals surface area contributed by atoms with E-state index in [4.69, 9.17) is 15.6 Å². The summed E-state index contributed by atoms with van der Waals surface area (Å²) in [5, 5.41) is 8.37. The van der Waals surface area contributed by atoms with Crippen molar-refractivity contribution in [1.29, 1.82) is 0 Å². The third kappa shape index (κ3) is 6.10. The van der Waals surface area contributed by atoms with E-state index in [1.54, 1.807) is 0 Å². The van der Waals surface area contributed by atoms with Gasteiger partial charge in [-0.25, -0.2) is 0 Å². The number of carbonyl (C=O) groups is 2. The van der Waals surface area contributed by atoms with Gasteiger partial charge in [0.25, 0.3) is 0 Å². The Hall–Kier alpha value is -1.10. The van der Waals surface area contributed by atoms with Crippen LogP contribution in [0.2, 0.25) is 0 Å². The number of carboxylic acids is 1. The Balaban J connectivity index is 3.56. The number of esters is 1. The van der Waals surface area contributed by atoms with Crippen molar-refractivity contribution < 1.29 is 19.4 Å². The summed E-state index contributed by atoms with van der Waals surface area (Å²) in [6.07, 6.45) is 1.45. The highest BCUT2D eigenvalue weighted by Crippen LogP contribution is 1.95. The number of hydrogen-bond acceptors (Lipinski definition) is 4. The molecule has 5 nitrogen and oxygen atoms in total. The van der Waals surface area contributed by atoms with E-state index in [-0.39, 0.29) is 6.42 Å². The molecule has 0 aromatic rings. The molecular formula is C8H15NO4. The summed E-state index contributed by atoms with van der Waals surface area (Å²) in [5.74, 6) is -1.74. The van der Waals surface area contributed by atoms with Crippen LogP contribution in [0, 0.1) is 0 Å². The Morgan fingerprint density at radius 3 is 2.62 bits per heavy atom. The minimum Gasteiger partial charge on any atom is -0.480 e. The average molecular weight is 189 g/mol. The lowest BCUT2D eigenvalue weighted by Gasteiger charge is -2.06. The molecule has 0 saturated heterocycles. The van der Waals surface area contributed by atoms with Crippen molar-refractivity contribution in [3.05, 3.63) is 0 Å². The van der Waals surface area contributed by atoms with E-state index in [1.807, 2.05) is 6.92 Å². The Morgan fingerprint density at radius 1 is 1.54 bits per heavy atom. The fraction of sp³-hybridized carbons (Fsp3) is 0.750. The first-order valence-electron chi connectivity index (χ1n) is 4.22. The summed E-state index contributed by atoms with van der Waals surface area (Å²) in [5.41, 5.74) is 5.12. The van der Waals surface area contributed by atoms with E-state index in [2.05, 4.69) is 0 Å². The molecule has 0 heterocycles. The van der Waals surface area contributed by atoms with Gasteiger partial charge >= 0.3 is 11.9 Å². The van der Waals surface area contributed by atoms with Gasteiger partial charge in [-0.3, -0.25) is 9.59 Å². The zero-order chi connectivity index (χ0) is 10.3. The topological polar surface area (TPSA) is 89.6 Å². The SMILES string of the molecule is CCCCOC(=O)C[C@@H](N)C(=O)O. The van der Waals surface area contributed by atoms with Crippen LogP contribution in [0.15, 0.2) is 0 Å². The van der Waals surface area contributed by atoms with Gasteiger partial charge in [0.1, 0.15) is 6.04 Å². The van der Waals surface area contributed by atoms with E-state index >= 15 is 0 Å². The summed E-state index contributed by atoms with van der Waals surface area (Å²) in [7, 11) is 0. The van der Waals surface area contributed by atoms with E-state index in [1.165, 1.54) is 0 Å². The van der Waals surface area contributed by atoms with Gasteiger partial charge in [0.05, 0.1) is 13.0 Å². The Morgan fingerprint density at radius 2 is 2.15 bits per heavy atom. The van der Waals surface area contributed by atoms with Gasteiger partial charge in [-0.05, 0) is 6.42 Å².